The summed E-state index contributed by atoms with van der Waals surface area (Å²) < 4.78 is 6.40. The normalized spacial score (nSPS) is 19.9. The highest BCUT2D eigenvalue weighted by molar-refractivity contribution is 9.10. The fraction of sp³-hybridized carbons (Fsp3) is 0.500. The fourth-order valence-electron chi connectivity index (χ4n) is 2.23. The Bertz CT molecular complexity index is 388. The molecular weight excluding hydrogens is 256 g/mol. The van der Waals surface area contributed by atoms with Gasteiger partial charge in [0.25, 0.3) is 0 Å². The first kappa shape index (κ1) is 11.0. The first-order valence-corrected chi connectivity index (χ1v) is 5.98. The zero-order chi connectivity index (χ0) is 11.0. The van der Waals surface area contributed by atoms with Gasteiger partial charge in [0.05, 0.1) is 13.2 Å². The molecule has 0 aromatic heterocycles. The summed E-state index contributed by atoms with van der Waals surface area (Å²) in [6.07, 6.45) is 2.52. The van der Waals surface area contributed by atoms with Gasteiger partial charge in [-0.1, -0.05) is 15.9 Å². The zero-order valence-corrected chi connectivity index (χ0v) is 10.6. The van der Waals surface area contributed by atoms with E-state index in [1.807, 2.05) is 13.0 Å². The Hall–Kier alpha value is -0.540. The highest BCUT2D eigenvalue weighted by Gasteiger charge is 2.24. The van der Waals surface area contributed by atoms with Crippen LogP contribution in [0.2, 0.25) is 0 Å². The predicted octanol–water partition coefficient (Wildman–Crippen LogP) is 3.14. The van der Waals surface area contributed by atoms with Crippen molar-refractivity contribution in [2.75, 3.05) is 7.11 Å². The third kappa shape index (κ3) is 1.79. The van der Waals surface area contributed by atoms with Crippen LogP contribution in [0.4, 0.5) is 0 Å². The number of rotatable bonds is 1. The molecule has 0 bridgehead atoms. The summed E-state index contributed by atoms with van der Waals surface area (Å²) in [6, 6.07) is 2.03. The summed E-state index contributed by atoms with van der Waals surface area (Å²) in [7, 11) is 1.68. The van der Waals surface area contributed by atoms with E-state index >= 15 is 0 Å². The number of aryl methyl sites for hydroxylation is 1. The maximum atomic E-state index is 10.0. The van der Waals surface area contributed by atoms with Crippen molar-refractivity contribution in [1.82, 2.24) is 0 Å². The number of halogens is 1. The Balaban J connectivity index is 2.65. The number of ether oxygens (including phenoxy) is 1. The predicted molar refractivity (Wildman–Crippen MR) is 63.3 cm³/mol. The first-order valence-electron chi connectivity index (χ1n) is 5.19. The van der Waals surface area contributed by atoms with Crippen LogP contribution in [-0.2, 0) is 6.42 Å². The minimum atomic E-state index is -0.350. The molecule has 0 amide bonds. The Morgan fingerprint density at radius 3 is 2.93 bits per heavy atom. The molecule has 3 heteroatoms. The number of aliphatic hydroxyl groups excluding tert-OH is 1. The molecule has 0 radical (unpaired) electrons. The van der Waals surface area contributed by atoms with Gasteiger partial charge in [-0.05, 0) is 37.8 Å². The maximum Gasteiger partial charge on any atom is 0.122 e. The molecule has 1 aromatic rings. The first-order chi connectivity index (χ1) is 7.15. The summed E-state index contributed by atoms with van der Waals surface area (Å²) in [5.41, 5.74) is 3.30. The van der Waals surface area contributed by atoms with E-state index in [9.17, 15) is 5.11 Å². The molecule has 1 unspecified atom stereocenters. The van der Waals surface area contributed by atoms with Crippen molar-refractivity contribution in [3.63, 3.8) is 0 Å². The van der Waals surface area contributed by atoms with Gasteiger partial charge in [-0.2, -0.15) is 0 Å². The average Bonchev–Trinajstić information content (AvgIpc) is 2.23. The van der Waals surface area contributed by atoms with Gasteiger partial charge in [-0.3, -0.25) is 0 Å². The van der Waals surface area contributed by atoms with Crippen molar-refractivity contribution < 1.29 is 9.84 Å². The van der Waals surface area contributed by atoms with E-state index < -0.39 is 0 Å². The lowest BCUT2D eigenvalue weighted by Crippen LogP contribution is -2.12. The van der Waals surface area contributed by atoms with E-state index in [4.69, 9.17) is 4.74 Å². The summed E-state index contributed by atoms with van der Waals surface area (Å²) in [5, 5.41) is 10.0. The van der Waals surface area contributed by atoms with Crippen molar-refractivity contribution in [3.05, 3.63) is 27.2 Å². The number of aliphatic hydroxyl groups is 1. The maximum absolute atomic E-state index is 10.0. The van der Waals surface area contributed by atoms with Crippen molar-refractivity contribution in [2.45, 2.75) is 32.3 Å². The minimum absolute atomic E-state index is 0.350. The van der Waals surface area contributed by atoms with Crippen LogP contribution < -0.4 is 4.74 Å². The third-order valence-corrected chi connectivity index (χ3v) is 4.06. The lowest BCUT2D eigenvalue weighted by Gasteiger charge is -2.25. The van der Waals surface area contributed by atoms with Gasteiger partial charge < -0.3 is 9.84 Å². The van der Waals surface area contributed by atoms with E-state index in [-0.39, 0.29) is 6.10 Å². The van der Waals surface area contributed by atoms with Gasteiger partial charge in [0.1, 0.15) is 5.75 Å². The number of benzene rings is 1. The second kappa shape index (κ2) is 4.14. The lowest BCUT2D eigenvalue weighted by atomic mass is 9.87. The van der Waals surface area contributed by atoms with E-state index in [0.29, 0.717) is 0 Å². The smallest absolute Gasteiger partial charge is 0.122 e. The standard InChI is InChI=1S/C12H15BrO2/c1-7-6-10(15-2)8-4-3-5-9(14)11(8)12(7)13/h6,9,14H,3-5H2,1-2H3. The monoisotopic (exact) mass is 270 g/mol. The van der Waals surface area contributed by atoms with Gasteiger partial charge in [-0.15, -0.1) is 0 Å². The molecule has 0 saturated carbocycles. The molecule has 0 aliphatic heterocycles. The van der Waals surface area contributed by atoms with Crippen LogP contribution >= 0.6 is 15.9 Å². The number of fused-ring (bicyclic) bond motifs is 1. The highest BCUT2D eigenvalue weighted by Crippen LogP contribution is 2.41. The van der Waals surface area contributed by atoms with Crippen LogP contribution in [0.25, 0.3) is 0 Å². The number of hydrogen-bond donors (Lipinski definition) is 1. The van der Waals surface area contributed by atoms with Crippen LogP contribution in [-0.4, -0.2) is 12.2 Å². The van der Waals surface area contributed by atoms with Crippen molar-refractivity contribution in [1.29, 1.82) is 0 Å². The van der Waals surface area contributed by atoms with Gasteiger partial charge in [-0.25, -0.2) is 0 Å². The quantitative estimate of drug-likeness (QED) is 0.850. The minimum Gasteiger partial charge on any atom is -0.496 e. The Kier molecular flexibility index (Phi) is 3.03. The molecule has 1 aromatic carbocycles. The summed E-state index contributed by atoms with van der Waals surface area (Å²) in [5.74, 6) is 0.907. The van der Waals surface area contributed by atoms with E-state index in [2.05, 4.69) is 15.9 Å². The molecule has 0 saturated heterocycles. The molecule has 2 nitrogen and oxygen atoms in total. The third-order valence-electron chi connectivity index (χ3n) is 3.01. The summed E-state index contributed by atoms with van der Waals surface area (Å²) in [6.45, 7) is 2.02. The average molecular weight is 271 g/mol. The molecule has 2 rings (SSSR count). The molecule has 1 atom stereocenters. The molecule has 0 spiro atoms. The van der Waals surface area contributed by atoms with E-state index in [0.717, 1.165) is 46.2 Å². The van der Waals surface area contributed by atoms with Crippen LogP contribution in [0.1, 0.15) is 35.6 Å². The van der Waals surface area contributed by atoms with E-state index in [1.165, 1.54) is 0 Å². The van der Waals surface area contributed by atoms with Crippen LogP contribution in [0.15, 0.2) is 10.5 Å². The SMILES string of the molecule is COc1cc(C)c(Br)c2c1CCCC2O. The Morgan fingerprint density at radius 2 is 2.27 bits per heavy atom. The van der Waals surface area contributed by atoms with Gasteiger partial charge in [0.15, 0.2) is 0 Å². The van der Waals surface area contributed by atoms with Gasteiger partial charge >= 0.3 is 0 Å². The zero-order valence-electron chi connectivity index (χ0n) is 9.01. The van der Waals surface area contributed by atoms with Crippen molar-refractivity contribution >= 4 is 15.9 Å². The number of hydrogen-bond acceptors (Lipinski definition) is 2. The lowest BCUT2D eigenvalue weighted by molar-refractivity contribution is 0.154. The Morgan fingerprint density at radius 1 is 1.53 bits per heavy atom. The van der Waals surface area contributed by atoms with Gasteiger partial charge in [0.2, 0.25) is 0 Å². The molecule has 1 N–H and O–H groups in total. The largest absolute Gasteiger partial charge is 0.496 e. The second-order valence-electron chi connectivity index (χ2n) is 4.01. The van der Waals surface area contributed by atoms with Crippen LogP contribution in [0.5, 0.6) is 5.75 Å². The van der Waals surface area contributed by atoms with Crippen molar-refractivity contribution in [3.8, 4) is 5.75 Å². The molecule has 1 aliphatic carbocycles. The van der Waals surface area contributed by atoms with Crippen LogP contribution in [0, 0.1) is 6.92 Å². The molecular formula is C12H15BrO2. The highest BCUT2D eigenvalue weighted by atomic mass is 79.9. The second-order valence-corrected chi connectivity index (χ2v) is 4.80. The molecule has 1 aliphatic rings. The molecule has 0 heterocycles. The molecule has 82 valence electrons. The van der Waals surface area contributed by atoms with Gasteiger partial charge in [0, 0.05) is 15.6 Å². The number of methoxy groups -OCH3 is 1. The summed E-state index contributed by atoms with van der Waals surface area (Å²) in [4.78, 5) is 0. The molecule has 0 fully saturated rings. The van der Waals surface area contributed by atoms with Crippen molar-refractivity contribution in [2.24, 2.45) is 0 Å². The topological polar surface area (TPSA) is 29.5 Å². The Labute approximate surface area is 98.4 Å². The summed E-state index contributed by atoms with van der Waals surface area (Å²) >= 11 is 3.55. The van der Waals surface area contributed by atoms with Crippen LogP contribution in [0.3, 0.4) is 0 Å². The molecule has 15 heavy (non-hydrogen) atoms. The van der Waals surface area contributed by atoms with E-state index in [1.54, 1.807) is 7.11 Å². The fourth-order valence-corrected chi connectivity index (χ4v) is 2.85.